The van der Waals surface area contributed by atoms with Gasteiger partial charge in [-0.25, -0.2) is 0 Å². The van der Waals surface area contributed by atoms with Crippen LogP contribution in [0.2, 0.25) is 0 Å². The third-order valence-corrected chi connectivity index (χ3v) is 3.65. The van der Waals surface area contributed by atoms with Crippen LogP contribution in [0.15, 0.2) is 0 Å². The van der Waals surface area contributed by atoms with Gasteiger partial charge in [-0.15, -0.1) is 0 Å². The lowest BCUT2D eigenvalue weighted by molar-refractivity contribution is -0.123. The molecular weight excluding hydrogens is 254 g/mol. The Morgan fingerprint density at radius 1 is 1.40 bits per heavy atom. The van der Waals surface area contributed by atoms with Crippen molar-refractivity contribution in [2.24, 2.45) is 5.92 Å². The molecule has 1 N–H and O–H groups in total. The average Bonchev–Trinajstić information content (AvgIpc) is 2.17. The molecule has 1 rings (SSSR count). The minimum absolute atomic E-state index is 0.118. The highest BCUT2D eigenvalue weighted by molar-refractivity contribution is 9.10. The van der Waals surface area contributed by atoms with Crippen molar-refractivity contribution in [3.8, 4) is 0 Å². The number of amides is 1. The molecule has 0 aromatic heterocycles. The molecule has 1 aliphatic rings. The van der Waals surface area contributed by atoms with Crippen LogP contribution in [0, 0.1) is 5.92 Å². The van der Waals surface area contributed by atoms with Crippen LogP contribution in [0.3, 0.4) is 0 Å². The van der Waals surface area contributed by atoms with E-state index < -0.39 is 4.32 Å². The lowest BCUT2D eigenvalue weighted by Crippen LogP contribution is -2.47. The number of hydrogen-bond donors (Lipinski definition) is 1. The first-order valence-corrected chi connectivity index (χ1v) is 6.74. The van der Waals surface area contributed by atoms with Gasteiger partial charge in [-0.2, -0.15) is 0 Å². The molecule has 0 saturated heterocycles. The van der Waals surface area contributed by atoms with Crippen molar-refractivity contribution >= 4 is 21.8 Å². The number of hydrogen-bond acceptors (Lipinski definition) is 1. The van der Waals surface area contributed by atoms with Crippen LogP contribution in [0.4, 0.5) is 0 Å². The van der Waals surface area contributed by atoms with Gasteiger partial charge in [0.05, 0.1) is 4.32 Å². The van der Waals surface area contributed by atoms with Crippen molar-refractivity contribution in [3.63, 3.8) is 0 Å². The van der Waals surface area contributed by atoms with Crippen molar-refractivity contribution in [2.75, 3.05) is 0 Å². The highest BCUT2D eigenvalue weighted by Crippen LogP contribution is 2.27. The molecule has 0 aromatic carbocycles. The first-order chi connectivity index (χ1) is 6.95. The molecular formula is C12H22BrNO. The molecule has 2 unspecified atom stereocenters. The van der Waals surface area contributed by atoms with Crippen LogP contribution in [-0.2, 0) is 4.79 Å². The molecule has 0 spiro atoms. The van der Waals surface area contributed by atoms with Crippen molar-refractivity contribution in [2.45, 2.75) is 63.2 Å². The first kappa shape index (κ1) is 13.0. The molecule has 0 aromatic rings. The van der Waals surface area contributed by atoms with E-state index in [1.807, 2.05) is 13.8 Å². The van der Waals surface area contributed by atoms with Crippen LogP contribution in [-0.4, -0.2) is 16.3 Å². The van der Waals surface area contributed by atoms with E-state index in [0.717, 1.165) is 6.42 Å². The SMILES string of the molecule is CCC1CCCCC1NC(=O)C(C)(C)Br. The summed E-state index contributed by atoms with van der Waals surface area (Å²) in [7, 11) is 0. The molecule has 2 atom stereocenters. The molecule has 1 amide bonds. The smallest absolute Gasteiger partial charge is 0.236 e. The minimum atomic E-state index is -0.442. The largest absolute Gasteiger partial charge is 0.352 e. The summed E-state index contributed by atoms with van der Waals surface area (Å²) in [4.78, 5) is 11.8. The summed E-state index contributed by atoms with van der Waals surface area (Å²) >= 11 is 3.40. The highest BCUT2D eigenvalue weighted by Gasteiger charge is 2.30. The Kier molecular flexibility index (Phi) is 4.63. The second kappa shape index (κ2) is 5.33. The Labute approximate surface area is 101 Å². The lowest BCUT2D eigenvalue weighted by Gasteiger charge is -2.33. The quantitative estimate of drug-likeness (QED) is 0.788. The Balaban J connectivity index is 2.52. The Bertz CT molecular complexity index is 222. The van der Waals surface area contributed by atoms with E-state index in [0.29, 0.717) is 12.0 Å². The van der Waals surface area contributed by atoms with E-state index in [-0.39, 0.29) is 5.91 Å². The van der Waals surface area contributed by atoms with Gasteiger partial charge >= 0.3 is 0 Å². The fraction of sp³-hybridized carbons (Fsp3) is 0.917. The Morgan fingerprint density at radius 2 is 2.00 bits per heavy atom. The van der Waals surface area contributed by atoms with Gasteiger partial charge in [-0.1, -0.05) is 42.1 Å². The van der Waals surface area contributed by atoms with Crippen LogP contribution in [0.5, 0.6) is 0 Å². The molecule has 0 bridgehead atoms. The number of nitrogens with one attached hydrogen (secondary N) is 1. The van der Waals surface area contributed by atoms with E-state index in [4.69, 9.17) is 0 Å². The van der Waals surface area contributed by atoms with Crippen LogP contribution >= 0.6 is 15.9 Å². The topological polar surface area (TPSA) is 29.1 Å². The summed E-state index contributed by atoms with van der Waals surface area (Å²) in [5, 5.41) is 3.17. The molecule has 0 aliphatic heterocycles. The summed E-state index contributed by atoms with van der Waals surface area (Å²) in [5.41, 5.74) is 0. The van der Waals surface area contributed by atoms with Crippen molar-refractivity contribution in [1.82, 2.24) is 5.32 Å². The second-order valence-corrected chi connectivity index (χ2v) is 6.99. The molecule has 1 saturated carbocycles. The maximum atomic E-state index is 11.8. The van der Waals surface area contributed by atoms with Gasteiger partial charge in [0.1, 0.15) is 0 Å². The summed E-state index contributed by atoms with van der Waals surface area (Å²) in [6.45, 7) is 6.01. The molecule has 15 heavy (non-hydrogen) atoms. The van der Waals surface area contributed by atoms with E-state index in [1.165, 1.54) is 25.7 Å². The Morgan fingerprint density at radius 3 is 2.53 bits per heavy atom. The zero-order valence-corrected chi connectivity index (χ0v) is 11.6. The summed E-state index contributed by atoms with van der Waals surface area (Å²) in [6.07, 6.45) is 6.16. The van der Waals surface area contributed by atoms with Gasteiger partial charge in [-0.3, -0.25) is 4.79 Å². The number of rotatable bonds is 3. The molecule has 1 fully saturated rings. The van der Waals surface area contributed by atoms with E-state index in [2.05, 4.69) is 28.2 Å². The van der Waals surface area contributed by atoms with Crippen molar-refractivity contribution in [1.29, 1.82) is 0 Å². The van der Waals surface area contributed by atoms with Gasteiger partial charge in [0.15, 0.2) is 0 Å². The standard InChI is InChI=1S/C12H22BrNO/c1-4-9-7-5-6-8-10(9)14-11(15)12(2,3)13/h9-10H,4-8H2,1-3H3,(H,14,15). The van der Waals surface area contributed by atoms with E-state index >= 15 is 0 Å². The van der Waals surface area contributed by atoms with Crippen molar-refractivity contribution in [3.05, 3.63) is 0 Å². The third-order valence-electron chi connectivity index (χ3n) is 3.29. The molecule has 0 heterocycles. The fourth-order valence-electron chi connectivity index (χ4n) is 2.23. The van der Waals surface area contributed by atoms with Gasteiger partial charge < -0.3 is 5.32 Å². The number of halogens is 1. The number of alkyl halides is 1. The predicted molar refractivity (Wildman–Crippen MR) is 67.2 cm³/mol. The monoisotopic (exact) mass is 275 g/mol. The predicted octanol–water partition coefficient (Wildman–Crippen LogP) is 3.24. The van der Waals surface area contributed by atoms with Gasteiger partial charge in [0.2, 0.25) is 5.91 Å². The normalized spacial score (nSPS) is 27.5. The summed E-state index contributed by atoms with van der Waals surface area (Å²) in [5.74, 6) is 0.797. The Hall–Kier alpha value is -0.0500. The van der Waals surface area contributed by atoms with Crippen LogP contribution < -0.4 is 5.32 Å². The summed E-state index contributed by atoms with van der Waals surface area (Å²) < 4.78 is -0.442. The fourth-order valence-corrected chi connectivity index (χ4v) is 2.34. The van der Waals surface area contributed by atoms with Gasteiger partial charge in [0.25, 0.3) is 0 Å². The molecule has 0 radical (unpaired) electrons. The maximum Gasteiger partial charge on any atom is 0.236 e. The third kappa shape index (κ3) is 3.78. The lowest BCUT2D eigenvalue weighted by atomic mass is 9.82. The molecule has 2 nitrogen and oxygen atoms in total. The van der Waals surface area contributed by atoms with E-state index in [1.54, 1.807) is 0 Å². The molecule has 88 valence electrons. The maximum absolute atomic E-state index is 11.8. The van der Waals surface area contributed by atoms with Gasteiger partial charge in [-0.05, 0) is 32.6 Å². The van der Waals surface area contributed by atoms with Crippen molar-refractivity contribution < 1.29 is 4.79 Å². The first-order valence-electron chi connectivity index (χ1n) is 5.95. The summed E-state index contributed by atoms with van der Waals surface area (Å²) in [6, 6.07) is 0.396. The number of carbonyl (C=O) groups excluding carboxylic acids is 1. The van der Waals surface area contributed by atoms with Crippen LogP contribution in [0.25, 0.3) is 0 Å². The zero-order chi connectivity index (χ0) is 11.5. The minimum Gasteiger partial charge on any atom is -0.352 e. The van der Waals surface area contributed by atoms with Crippen LogP contribution in [0.1, 0.15) is 52.9 Å². The van der Waals surface area contributed by atoms with Gasteiger partial charge in [0, 0.05) is 6.04 Å². The van der Waals surface area contributed by atoms with E-state index in [9.17, 15) is 4.79 Å². The second-order valence-electron chi connectivity index (χ2n) is 5.01. The molecule has 3 heteroatoms. The number of carbonyl (C=O) groups is 1. The zero-order valence-electron chi connectivity index (χ0n) is 9.98. The highest BCUT2D eigenvalue weighted by atomic mass is 79.9. The average molecular weight is 276 g/mol. The molecule has 1 aliphatic carbocycles.